The number of rotatable bonds is 5. The minimum atomic E-state index is -4.63. The molecule has 1 amide bonds. The number of nitrogens with zero attached hydrogens (tertiary/aromatic N) is 1. The van der Waals surface area contributed by atoms with E-state index in [-0.39, 0.29) is 35.7 Å². The highest BCUT2D eigenvalue weighted by Crippen LogP contribution is 2.43. The summed E-state index contributed by atoms with van der Waals surface area (Å²) in [6.45, 7) is 5.01. The van der Waals surface area contributed by atoms with Gasteiger partial charge in [-0.2, -0.15) is 13.2 Å². The third kappa shape index (κ3) is 5.15. The number of hydrogen-bond acceptors (Lipinski definition) is 3. The largest absolute Gasteiger partial charge is 0.460 e. The molecule has 4 nitrogen and oxygen atoms in total. The Labute approximate surface area is 189 Å². The lowest BCUT2D eigenvalue weighted by molar-refractivity contribution is -0.145. The van der Waals surface area contributed by atoms with Crippen molar-refractivity contribution in [3.8, 4) is 0 Å². The van der Waals surface area contributed by atoms with Gasteiger partial charge in [-0.05, 0) is 50.1 Å². The summed E-state index contributed by atoms with van der Waals surface area (Å²) in [7, 11) is 0. The zero-order chi connectivity index (χ0) is 23.6. The minimum Gasteiger partial charge on any atom is -0.460 e. The van der Waals surface area contributed by atoms with E-state index in [9.17, 15) is 22.8 Å². The second-order valence-corrected chi connectivity index (χ2v) is 8.34. The van der Waals surface area contributed by atoms with Gasteiger partial charge in [-0.15, -0.1) is 0 Å². The Balaban J connectivity index is 2.12. The number of halogens is 4. The normalized spacial score (nSPS) is 17.2. The number of hydrogen-bond donors (Lipinski definition) is 0. The fourth-order valence-electron chi connectivity index (χ4n) is 3.89. The molecule has 0 saturated heterocycles. The Hall–Kier alpha value is -2.80. The molecule has 1 aliphatic rings. The fraction of sp³-hybridized carbons (Fsp3) is 0.333. The molecule has 1 heterocycles. The number of ether oxygens (including phenoxy) is 1. The number of alkyl halides is 3. The quantitative estimate of drug-likeness (QED) is 0.501. The molecule has 0 fully saturated rings. The predicted octanol–water partition coefficient (Wildman–Crippen LogP) is 6.10. The molecule has 170 valence electrons. The number of carbonyl (C=O) groups is 2. The van der Waals surface area contributed by atoms with Gasteiger partial charge in [0.25, 0.3) is 0 Å². The molecular formula is C24H23ClF3NO3. The van der Waals surface area contributed by atoms with E-state index in [1.165, 1.54) is 23.1 Å². The van der Waals surface area contributed by atoms with E-state index in [1.54, 1.807) is 45.0 Å². The lowest BCUT2D eigenvalue weighted by Crippen LogP contribution is -2.38. The summed E-state index contributed by atoms with van der Waals surface area (Å²) in [5, 5.41) is 0.491. The summed E-state index contributed by atoms with van der Waals surface area (Å²) >= 11 is 6.04. The van der Waals surface area contributed by atoms with Gasteiger partial charge in [-0.3, -0.25) is 4.79 Å². The second-order valence-electron chi connectivity index (χ2n) is 7.90. The Morgan fingerprint density at radius 1 is 1.19 bits per heavy atom. The molecule has 1 aliphatic heterocycles. The summed E-state index contributed by atoms with van der Waals surface area (Å²) in [6.07, 6.45) is -5.38. The Morgan fingerprint density at radius 2 is 1.88 bits per heavy atom. The Bertz CT molecular complexity index is 1060. The summed E-state index contributed by atoms with van der Waals surface area (Å²) in [5.74, 6) is -2.18. The molecule has 0 unspecified atom stereocenters. The van der Waals surface area contributed by atoms with Gasteiger partial charge in [0.15, 0.2) is 0 Å². The van der Waals surface area contributed by atoms with Crippen LogP contribution in [0.4, 0.5) is 13.2 Å². The van der Waals surface area contributed by atoms with Crippen LogP contribution in [0, 0.1) is 0 Å². The minimum absolute atomic E-state index is 0.0528. The summed E-state index contributed by atoms with van der Waals surface area (Å²) in [6, 6.07) is 11.9. The third-order valence-electron chi connectivity index (χ3n) is 5.26. The monoisotopic (exact) mass is 465 g/mol. The Kier molecular flexibility index (Phi) is 6.98. The van der Waals surface area contributed by atoms with Crippen molar-refractivity contribution in [2.24, 2.45) is 0 Å². The number of carbonyl (C=O) groups excluding carboxylic acids is 2. The van der Waals surface area contributed by atoms with Crippen LogP contribution in [-0.4, -0.2) is 22.9 Å². The summed E-state index contributed by atoms with van der Waals surface area (Å²) < 4.78 is 46.4. The van der Waals surface area contributed by atoms with Crippen molar-refractivity contribution in [3.05, 3.63) is 81.5 Å². The van der Waals surface area contributed by atoms with E-state index >= 15 is 0 Å². The second kappa shape index (κ2) is 9.36. The predicted molar refractivity (Wildman–Crippen MR) is 115 cm³/mol. The van der Waals surface area contributed by atoms with Crippen LogP contribution in [0.3, 0.4) is 0 Å². The lowest BCUT2D eigenvalue weighted by atomic mass is 9.81. The van der Waals surface area contributed by atoms with Gasteiger partial charge in [-0.25, -0.2) is 4.79 Å². The first-order valence-electron chi connectivity index (χ1n) is 10.1. The molecule has 32 heavy (non-hydrogen) atoms. The fourth-order valence-corrected chi connectivity index (χ4v) is 4.10. The SMILES string of the molecule is CC1=C(C(=O)OC(C)C)[C@@H](c2ccccc2C(F)(F)F)CC(=O)N1Cc1cccc(Cl)c1. The standard InChI is InChI=1S/C24H23ClF3NO3/c1-14(2)32-23(31)22-15(3)29(13-16-7-6-8-17(25)11-16)21(30)12-19(22)18-9-4-5-10-20(18)24(26,27)28/h4-11,14,19H,12-13H2,1-3H3/t19-/m1/s1. The van der Waals surface area contributed by atoms with E-state index in [1.807, 2.05) is 0 Å². The van der Waals surface area contributed by atoms with E-state index in [0.717, 1.165) is 11.6 Å². The molecule has 1 atom stereocenters. The molecule has 2 aromatic carbocycles. The van der Waals surface area contributed by atoms with Crippen molar-refractivity contribution in [1.82, 2.24) is 4.90 Å². The zero-order valence-corrected chi connectivity index (χ0v) is 18.6. The van der Waals surface area contributed by atoms with E-state index in [2.05, 4.69) is 0 Å². The van der Waals surface area contributed by atoms with Crippen LogP contribution in [-0.2, 0) is 27.0 Å². The van der Waals surface area contributed by atoms with Crippen LogP contribution in [0.1, 0.15) is 49.8 Å². The molecular weight excluding hydrogens is 443 g/mol. The van der Waals surface area contributed by atoms with Crippen LogP contribution in [0.15, 0.2) is 59.8 Å². The van der Waals surface area contributed by atoms with Gasteiger partial charge in [0.05, 0.1) is 23.8 Å². The summed E-state index contributed by atoms with van der Waals surface area (Å²) in [5.41, 5.74) is 0.0661. The van der Waals surface area contributed by atoms with Gasteiger partial charge in [0.2, 0.25) is 5.91 Å². The smallest absolute Gasteiger partial charge is 0.416 e. The number of amides is 1. The van der Waals surface area contributed by atoms with Gasteiger partial charge in [0, 0.05) is 23.1 Å². The molecule has 0 saturated carbocycles. The van der Waals surface area contributed by atoms with Gasteiger partial charge in [-0.1, -0.05) is 41.9 Å². The molecule has 0 bridgehead atoms. The van der Waals surface area contributed by atoms with Crippen molar-refractivity contribution >= 4 is 23.5 Å². The van der Waals surface area contributed by atoms with Gasteiger partial charge in [0.1, 0.15) is 0 Å². The topological polar surface area (TPSA) is 46.6 Å². The van der Waals surface area contributed by atoms with E-state index < -0.39 is 29.7 Å². The number of benzene rings is 2. The maximum Gasteiger partial charge on any atom is 0.416 e. The van der Waals surface area contributed by atoms with E-state index in [4.69, 9.17) is 16.3 Å². The first-order valence-corrected chi connectivity index (χ1v) is 10.5. The molecule has 2 aromatic rings. The van der Waals surface area contributed by atoms with Crippen LogP contribution in [0.2, 0.25) is 5.02 Å². The van der Waals surface area contributed by atoms with Crippen LogP contribution in [0.5, 0.6) is 0 Å². The van der Waals surface area contributed by atoms with Crippen molar-refractivity contribution in [2.45, 2.75) is 51.9 Å². The highest BCUT2D eigenvalue weighted by atomic mass is 35.5. The first kappa shape index (κ1) is 23.9. The van der Waals surface area contributed by atoms with Crippen molar-refractivity contribution < 1.29 is 27.5 Å². The average Bonchev–Trinajstić information content (AvgIpc) is 2.69. The van der Waals surface area contributed by atoms with Gasteiger partial charge >= 0.3 is 12.1 Å². The molecule has 8 heteroatoms. The highest BCUT2D eigenvalue weighted by molar-refractivity contribution is 6.30. The third-order valence-corrected chi connectivity index (χ3v) is 5.49. The van der Waals surface area contributed by atoms with Crippen molar-refractivity contribution in [1.29, 1.82) is 0 Å². The van der Waals surface area contributed by atoms with Crippen molar-refractivity contribution in [2.75, 3.05) is 0 Å². The molecule has 0 radical (unpaired) electrons. The maximum atomic E-state index is 13.7. The average molecular weight is 466 g/mol. The van der Waals surface area contributed by atoms with Crippen molar-refractivity contribution in [3.63, 3.8) is 0 Å². The van der Waals surface area contributed by atoms with Gasteiger partial charge < -0.3 is 9.64 Å². The first-order chi connectivity index (χ1) is 15.0. The van der Waals surface area contributed by atoms with Crippen LogP contribution in [0.25, 0.3) is 0 Å². The molecule has 0 aliphatic carbocycles. The maximum absolute atomic E-state index is 13.7. The number of allylic oxidation sites excluding steroid dienone is 1. The Morgan fingerprint density at radius 3 is 2.50 bits per heavy atom. The summed E-state index contributed by atoms with van der Waals surface area (Å²) in [4.78, 5) is 27.5. The lowest BCUT2D eigenvalue weighted by Gasteiger charge is -2.35. The van der Waals surface area contributed by atoms with Crippen LogP contribution >= 0.6 is 11.6 Å². The molecule has 0 aromatic heterocycles. The zero-order valence-electron chi connectivity index (χ0n) is 17.9. The van der Waals surface area contributed by atoms with E-state index in [0.29, 0.717) is 5.02 Å². The number of esters is 1. The highest BCUT2D eigenvalue weighted by Gasteiger charge is 2.42. The molecule has 3 rings (SSSR count). The molecule has 0 spiro atoms. The molecule has 0 N–H and O–H groups in total. The van der Waals surface area contributed by atoms with Crippen LogP contribution < -0.4 is 0 Å².